The van der Waals surface area contributed by atoms with E-state index in [4.69, 9.17) is 4.74 Å². The molecule has 8 nitrogen and oxygen atoms in total. The lowest BCUT2D eigenvalue weighted by molar-refractivity contribution is 0.0937. The van der Waals surface area contributed by atoms with Crippen LogP contribution in [0.25, 0.3) is 0 Å². The van der Waals surface area contributed by atoms with Crippen LogP contribution in [0, 0.1) is 0 Å². The van der Waals surface area contributed by atoms with E-state index in [1.54, 1.807) is 19.5 Å². The van der Waals surface area contributed by atoms with E-state index in [-0.39, 0.29) is 5.91 Å². The van der Waals surface area contributed by atoms with Crippen LogP contribution in [0.3, 0.4) is 0 Å². The first-order valence-corrected chi connectivity index (χ1v) is 8.79. The Labute approximate surface area is 153 Å². The third kappa shape index (κ3) is 4.66. The van der Waals surface area contributed by atoms with E-state index >= 15 is 0 Å². The van der Waals surface area contributed by atoms with Crippen molar-refractivity contribution in [1.82, 2.24) is 20.5 Å². The summed E-state index contributed by atoms with van der Waals surface area (Å²) in [4.78, 5) is 21.0. The van der Waals surface area contributed by atoms with Crippen molar-refractivity contribution < 1.29 is 9.53 Å². The van der Waals surface area contributed by atoms with Gasteiger partial charge in [-0.3, -0.25) is 4.79 Å². The molecule has 0 atom stereocenters. The van der Waals surface area contributed by atoms with Gasteiger partial charge in [0.25, 0.3) is 5.91 Å². The monoisotopic (exact) mass is 356 g/mol. The van der Waals surface area contributed by atoms with Crippen LogP contribution in [0.1, 0.15) is 16.8 Å². The van der Waals surface area contributed by atoms with Crippen LogP contribution in [0.5, 0.6) is 0 Å². The van der Waals surface area contributed by atoms with E-state index in [9.17, 15) is 4.79 Å². The van der Waals surface area contributed by atoms with Crippen molar-refractivity contribution >= 4 is 17.5 Å². The van der Waals surface area contributed by atoms with Gasteiger partial charge in [0.2, 0.25) is 0 Å². The molecule has 0 saturated carbocycles. The summed E-state index contributed by atoms with van der Waals surface area (Å²) in [6.07, 6.45) is 4.32. The van der Waals surface area contributed by atoms with E-state index in [0.717, 1.165) is 44.2 Å². The SMILES string of the molecule is COCCNC(=O)c1ccc(N2CCCN(c3cccnn3)CC2)nc1. The van der Waals surface area contributed by atoms with Crippen LogP contribution >= 0.6 is 0 Å². The van der Waals surface area contributed by atoms with Crippen LogP contribution in [0.15, 0.2) is 36.7 Å². The Balaban J connectivity index is 1.58. The third-order valence-corrected chi connectivity index (χ3v) is 4.30. The van der Waals surface area contributed by atoms with Gasteiger partial charge in [-0.2, -0.15) is 5.10 Å². The van der Waals surface area contributed by atoms with E-state index in [1.165, 1.54) is 0 Å². The number of amides is 1. The average Bonchev–Trinajstić information content (AvgIpc) is 2.95. The Kier molecular flexibility index (Phi) is 6.32. The summed E-state index contributed by atoms with van der Waals surface area (Å²) < 4.78 is 4.93. The smallest absolute Gasteiger partial charge is 0.252 e. The summed E-state index contributed by atoms with van der Waals surface area (Å²) >= 11 is 0. The predicted octanol–water partition coefficient (Wildman–Crippen LogP) is 0.964. The first-order valence-electron chi connectivity index (χ1n) is 8.79. The highest BCUT2D eigenvalue weighted by Gasteiger charge is 2.17. The standard InChI is InChI=1S/C18H24N6O2/c1-26-13-8-19-18(25)15-5-6-16(20-14-15)23-9-3-10-24(12-11-23)17-4-2-7-21-22-17/h2,4-7,14H,3,8-13H2,1H3,(H,19,25). The summed E-state index contributed by atoms with van der Waals surface area (Å²) in [6.45, 7) is 4.55. The Morgan fingerprint density at radius 1 is 1.15 bits per heavy atom. The number of carbonyl (C=O) groups is 1. The molecule has 1 aliphatic heterocycles. The zero-order chi connectivity index (χ0) is 18.2. The molecule has 1 N–H and O–H groups in total. The third-order valence-electron chi connectivity index (χ3n) is 4.30. The number of ether oxygens (including phenoxy) is 1. The van der Waals surface area contributed by atoms with E-state index in [0.29, 0.717) is 18.7 Å². The van der Waals surface area contributed by atoms with Gasteiger partial charge in [0.15, 0.2) is 5.82 Å². The van der Waals surface area contributed by atoms with Gasteiger partial charge >= 0.3 is 0 Å². The van der Waals surface area contributed by atoms with Crippen molar-refractivity contribution in [2.24, 2.45) is 0 Å². The topological polar surface area (TPSA) is 83.5 Å². The van der Waals surface area contributed by atoms with Crippen molar-refractivity contribution in [2.45, 2.75) is 6.42 Å². The van der Waals surface area contributed by atoms with E-state index in [1.807, 2.05) is 24.3 Å². The lowest BCUT2D eigenvalue weighted by Gasteiger charge is -2.23. The second-order valence-electron chi connectivity index (χ2n) is 6.06. The Bertz CT molecular complexity index is 695. The summed E-state index contributed by atoms with van der Waals surface area (Å²) in [5, 5.41) is 10.9. The minimum absolute atomic E-state index is 0.134. The minimum Gasteiger partial charge on any atom is -0.383 e. The molecule has 1 amide bonds. The number of methoxy groups -OCH3 is 1. The lowest BCUT2D eigenvalue weighted by atomic mass is 10.2. The normalized spacial score (nSPS) is 14.8. The fraction of sp³-hybridized carbons (Fsp3) is 0.444. The first kappa shape index (κ1) is 18.1. The molecular weight excluding hydrogens is 332 g/mol. The number of pyridine rings is 1. The molecule has 1 fully saturated rings. The van der Waals surface area contributed by atoms with Gasteiger partial charge in [0, 0.05) is 52.2 Å². The fourth-order valence-corrected chi connectivity index (χ4v) is 2.91. The number of rotatable bonds is 6. The van der Waals surface area contributed by atoms with Crippen molar-refractivity contribution in [1.29, 1.82) is 0 Å². The number of anilines is 2. The van der Waals surface area contributed by atoms with Crippen LogP contribution in [0.4, 0.5) is 11.6 Å². The molecule has 8 heteroatoms. The minimum atomic E-state index is -0.134. The number of nitrogens with one attached hydrogen (secondary N) is 1. The van der Waals surface area contributed by atoms with Crippen molar-refractivity contribution in [2.75, 3.05) is 56.2 Å². The van der Waals surface area contributed by atoms with Gasteiger partial charge in [-0.05, 0) is 30.7 Å². The van der Waals surface area contributed by atoms with Crippen molar-refractivity contribution in [3.05, 3.63) is 42.2 Å². The maximum absolute atomic E-state index is 12.0. The molecule has 26 heavy (non-hydrogen) atoms. The zero-order valence-corrected chi connectivity index (χ0v) is 15.0. The average molecular weight is 356 g/mol. The summed E-state index contributed by atoms with van der Waals surface area (Å²) in [6, 6.07) is 7.61. The van der Waals surface area contributed by atoms with E-state index < -0.39 is 0 Å². The van der Waals surface area contributed by atoms with Gasteiger partial charge in [0.1, 0.15) is 5.82 Å². The van der Waals surface area contributed by atoms with Crippen LogP contribution < -0.4 is 15.1 Å². The molecule has 3 rings (SSSR count). The first-order chi connectivity index (χ1) is 12.8. The maximum atomic E-state index is 12.0. The second-order valence-corrected chi connectivity index (χ2v) is 6.06. The Morgan fingerprint density at radius 3 is 2.62 bits per heavy atom. The molecule has 3 heterocycles. The summed E-state index contributed by atoms with van der Waals surface area (Å²) in [5.41, 5.74) is 0.556. The predicted molar refractivity (Wildman–Crippen MR) is 99.5 cm³/mol. The van der Waals surface area contributed by atoms with Crippen LogP contribution in [-0.2, 0) is 4.74 Å². The Morgan fingerprint density at radius 2 is 1.96 bits per heavy atom. The summed E-state index contributed by atoms with van der Waals surface area (Å²) in [5.74, 6) is 1.66. The molecule has 2 aromatic rings. The van der Waals surface area contributed by atoms with Crippen LogP contribution in [0.2, 0.25) is 0 Å². The van der Waals surface area contributed by atoms with Gasteiger partial charge in [-0.15, -0.1) is 5.10 Å². The Hall–Kier alpha value is -2.74. The van der Waals surface area contributed by atoms with Crippen molar-refractivity contribution in [3.8, 4) is 0 Å². The number of nitrogens with zero attached hydrogens (tertiary/aromatic N) is 5. The maximum Gasteiger partial charge on any atom is 0.252 e. The van der Waals surface area contributed by atoms with Gasteiger partial charge < -0.3 is 19.9 Å². The van der Waals surface area contributed by atoms with Crippen LogP contribution in [-0.4, -0.2) is 67.5 Å². The molecule has 2 aromatic heterocycles. The van der Waals surface area contributed by atoms with Gasteiger partial charge in [0.05, 0.1) is 12.2 Å². The number of aromatic nitrogens is 3. The second kappa shape index (κ2) is 9.10. The molecule has 138 valence electrons. The molecule has 1 saturated heterocycles. The number of carbonyl (C=O) groups excluding carboxylic acids is 1. The van der Waals surface area contributed by atoms with Gasteiger partial charge in [-0.1, -0.05) is 0 Å². The number of hydrogen-bond donors (Lipinski definition) is 1. The largest absolute Gasteiger partial charge is 0.383 e. The lowest BCUT2D eigenvalue weighted by Crippen LogP contribution is -2.31. The molecule has 0 radical (unpaired) electrons. The van der Waals surface area contributed by atoms with Gasteiger partial charge in [-0.25, -0.2) is 4.98 Å². The molecule has 0 bridgehead atoms. The van der Waals surface area contributed by atoms with E-state index in [2.05, 4.69) is 30.3 Å². The quantitative estimate of drug-likeness (QED) is 0.772. The highest BCUT2D eigenvalue weighted by atomic mass is 16.5. The molecule has 0 aliphatic carbocycles. The molecular formula is C18H24N6O2. The highest BCUT2D eigenvalue weighted by Crippen LogP contribution is 2.17. The molecule has 1 aliphatic rings. The summed E-state index contributed by atoms with van der Waals surface area (Å²) in [7, 11) is 1.61. The number of hydrogen-bond acceptors (Lipinski definition) is 7. The zero-order valence-electron chi connectivity index (χ0n) is 15.0. The molecule has 0 spiro atoms. The fourth-order valence-electron chi connectivity index (χ4n) is 2.91. The highest BCUT2D eigenvalue weighted by molar-refractivity contribution is 5.94. The molecule has 0 unspecified atom stereocenters. The molecule has 0 aromatic carbocycles. The van der Waals surface area contributed by atoms with Crippen molar-refractivity contribution in [3.63, 3.8) is 0 Å².